The molecule has 4 aromatic carbocycles. The number of phosphoric acid groups is 1. The molecule has 3 aliphatic heterocycles. The molecule has 0 bridgehead atoms. The smallest absolute Gasteiger partial charge is 0.473 e. The van der Waals surface area contributed by atoms with Gasteiger partial charge in [0.2, 0.25) is 18.9 Å². The van der Waals surface area contributed by atoms with E-state index in [9.17, 15) is 70.1 Å². The molecule has 15 N–H and O–H groups in total. The second kappa shape index (κ2) is 40.5. The Morgan fingerprint density at radius 1 is 0.405 bits per heavy atom. The fourth-order valence-corrected chi connectivity index (χ4v) is 11.6. The molecule has 634 valence electrons. The number of phosphoric ester groups is 1. The monoisotopic (exact) mass is 1590 g/mol. The van der Waals surface area contributed by atoms with E-state index >= 15 is 0 Å². The molecule has 4 aromatic rings. The number of aliphatic carboxylic acids is 2. The molecular weight excluding hydrogens is 1460 g/mol. The zero-order valence-electron chi connectivity index (χ0n) is 69.3. The Hall–Kier alpha value is -6.03. The number of carboxylic acid groups (broad SMARTS) is 2. The average Bonchev–Trinajstić information content (AvgIpc) is 0.808. The highest BCUT2D eigenvalue weighted by Crippen LogP contribution is 2.48. The summed E-state index contributed by atoms with van der Waals surface area (Å²) >= 11 is 0. The predicted octanol–water partition coefficient (Wildman–Crippen LogP) is 11.9. The molecule has 3 fully saturated rings. The number of nitrogens with one attached hydrogen (secondary N) is 4. The number of anilines is 4. The molecule has 0 aromatic heterocycles. The van der Waals surface area contributed by atoms with Gasteiger partial charge in [-0.25, -0.2) is 14.2 Å². The van der Waals surface area contributed by atoms with Crippen molar-refractivity contribution in [1.29, 1.82) is 0 Å². The van der Waals surface area contributed by atoms with Crippen molar-refractivity contribution in [3.63, 3.8) is 0 Å². The van der Waals surface area contributed by atoms with E-state index in [1.54, 1.807) is 46.8 Å². The number of carboxylic acids is 2. The van der Waals surface area contributed by atoms with Crippen molar-refractivity contribution < 1.29 is 122 Å². The van der Waals surface area contributed by atoms with E-state index < -0.39 is 129 Å². The lowest BCUT2D eigenvalue weighted by molar-refractivity contribution is -0.271. The Labute approximate surface area is 657 Å². The van der Waals surface area contributed by atoms with Crippen LogP contribution in [0, 0.1) is 11.8 Å². The summed E-state index contributed by atoms with van der Waals surface area (Å²) in [6, 6.07) is 24.3. The van der Waals surface area contributed by atoms with Crippen LogP contribution in [0.3, 0.4) is 0 Å². The third kappa shape index (κ3) is 35.3. The van der Waals surface area contributed by atoms with E-state index in [0.29, 0.717) is 48.3 Å². The van der Waals surface area contributed by atoms with E-state index in [1.165, 1.54) is 17.7 Å². The van der Waals surface area contributed by atoms with Crippen LogP contribution in [0.5, 0.6) is 17.2 Å². The number of rotatable bonds is 23. The van der Waals surface area contributed by atoms with Gasteiger partial charge in [0.1, 0.15) is 53.9 Å². The standard InChI is InChI=1S/C22H35NO7.C22H37NO6.C21H34NO11P.C15H25NO.CH4/c1-12-16(24)17(25)18(19(26)27)30-20(12)29-15-9-8-13(11-28-22(5,6)7)10-14(15)23-21(2,3)4;1-13-18(25)19(26)17(11-24)29-20(13)28-16-9-8-14(12-27-22(5,6)7)10-15(16)23-21(2,3)4;1-20(2,3)22-12-9-11(10-30-34(28,29)33-21(4,5)6)7-8-13(12)31-19-16(25)14(23)15(24)17(32-19)18(26)27;1-14(2,3)16-13-9-7-12(8-10-13)11-17-15(4,5)6;/h8-10,12,16-18,20,23-25H,11H2,1-7H3,(H,26,27);8-10,13,17-20,23-26H,11-12H2,1-7H3;7-9,14-17,19,22-25H,10H2,1-6H3,(H,26,27)(H,28,29);7-10,16H,11H2,1-6H3;1H4. The van der Waals surface area contributed by atoms with Crippen LogP contribution in [0.15, 0.2) is 78.9 Å². The number of hydrogen-bond acceptors (Lipinski definition) is 26. The van der Waals surface area contributed by atoms with Crippen LogP contribution in [0.4, 0.5) is 22.7 Å². The maximum absolute atomic E-state index is 12.2. The van der Waals surface area contributed by atoms with Crippen LogP contribution in [-0.4, -0.2) is 199 Å². The Balaban J connectivity index is 0.000000391. The molecule has 16 unspecified atom stereocenters. The van der Waals surface area contributed by atoms with Gasteiger partial charge in [-0.3, -0.25) is 9.05 Å². The van der Waals surface area contributed by atoms with Gasteiger partial charge in [0.15, 0.2) is 12.2 Å². The normalized spacial score (nSPS) is 25.2. The first-order chi connectivity index (χ1) is 50.0. The molecule has 0 radical (unpaired) electrons. The summed E-state index contributed by atoms with van der Waals surface area (Å²) < 4.78 is 73.9. The van der Waals surface area contributed by atoms with E-state index in [0.717, 1.165) is 22.5 Å². The first-order valence-corrected chi connectivity index (χ1v) is 38.5. The SMILES string of the molecule is C.CC(C)(C)Nc1cc(COP(=O)(O)OC(C)(C)C)ccc1OC1OC(C(=O)O)C(O)C(O)C1O.CC(C)(C)Nc1ccc(COC(C)(C)C)cc1.CC1C(Oc2ccc(COC(C)(C)C)cc2NC(C)(C)C)OC(C(=O)O)C(O)C1O.CC1C(Oc2ccc(COC(C)(C)C)cc2NC(C)(C)C)OC(CO)C(O)C1O. The van der Waals surface area contributed by atoms with Crippen molar-refractivity contribution in [1.82, 2.24) is 0 Å². The minimum atomic E-state index is -4.33. The second-order valence-electron chi connectivity index (χ2n) is 36.1. The maximum Gasteiger partial charge on any atom is 0.473 e. The summed E-state index contributed by atoms with van der Waals surface area (Å²) in [4.78, 5) is 32.6. The van der Waals surface area contributed by atoms with E-state index in [4.69, 9.17) is 51.7 Å². The van der Waals surface area contributed by atoms with Crippen molar-refractivity contribution in [3.8, 4) is 17.2 Å². The van der Waals surface area contributed by atoms with Crippen LogP contribution >= 0.6 is 7.82 Å². The van der Waals surface area contributed by atoms with Crippen molar-refractivity contribution in [2.24, 2.45) is 11.8 Å². The summed E-state index contributed by atoms with van der Waals surface area (Å²) in [7, 11) is -4.33. The van der Waals surface area contributed by atoms with E-state index in [-0.39, 0.29) is 53.2 Å². The van der Waals surface area contributed by atoms with E-state index in [1.807, 2.05) is 113 Å². The first-order valence-electron chi connectivity index (χ1n) is 37.0. The lowest BCUT2D eigenvalue weighted by Crippen LogP contribution is -2.61. The number of aliphatic hydroxyl groups excluding tert-OH is 8. The number of benzene rings is 4. The number of hydrogen-bond donors (Lipinski definition) is 15. The van der Waals surface area contributed by atoms with Crippen LogP contribution in [-0.2, 0) is 78.1 Å². The largest absolute Gasteiger partial charge is 0.479 e. The Kier molecular flexibility index (Phi) is 36.2. The summed E-state index contributed by atoms with van der Waals surface area (Å²) in [5, 5.41) is 112. The van der Waals surface area contributed by atoms with Gasteiger partial charge in [0.25, 0.3) is 0 Å². The fraction of sp³-hybridized carbons (Fsp3) is 0.679. The van der Waals surface area contributed by atoms with Crippen LogP contribution in [0.25, 0.3) is 0 Å². The number of aliphatic hydroxyl groups is 8. The zero-order valence-corrected chi connectivity index (χ0v) is 70.2. The lowest BCUT2D eigenvalue weighted by Gasteiger charge is -2.41. The van der Waals surface area contributed by atoms with Gasteiger partial charge in [-0.05, 0) is 237 Å². The number of ether oxygens (including phenoxy) is 9. The Morgan fingerprint density at radius 2 is 0.721 bits per heavy atom. The Morgan fingerprint density at radius 3 is 1.06 bits per heavy atom. The minimum Gasteiger partial charge on any atom is -0.479 e. The molecule has 3 aliphatic rings. The quantitative estimate of drug-likeness (QED) is 0.0307. The fourth-order valence-electron chi connectivity index (χ4n) is 10.6. The van der Waals surface area contributed by atoms with Gasteiger partial charge in [0.05, 0.1) is 84.7 Å². The van der Waals surface area contributed by atoms with Gasteiger partial charge in [-0.15, -0.1) is 0 Å². The summed E-state index contributed by atoms with van der Waals surface area (Å²) in [5.41, 5.74) is 4.31. The molecule has 29 nitrogen and oxygen atoms in total. The molecular formula is C81H135N4O25P. The van der Waals surface area contributed by atoms with E-state index in [2.05, 4.69) is 108 Å². The molecule has 16 atom stereocenters. The zero-order chi connectivity index (χ0) is 84.0. The highest BCUT2D eigenvalue weighted by Gasteiger charge is 2.50. The third-order valence-electron chi connectivity index (χ3n) is 15.8. The van der Waals surface area contributed by atoms with Crippen molar-refractivity contribution >= 4 is 42.5 Å². The second-order valence-corrected chi connectivity index (χ2v) is 37.5. The molecule has 30 heteroatoms. The Bertz CT molecular complexity index is 3560. The van der Waals surface area contributed by atoms with Crippen molar-refractivity contribution in [2.45, 2.75) is 338 Å². The third-order valence-corrected chi connectivity index (χ3v) is 17.0. The summed E-state index contributed by atoms with van der Waals surface area (Å²) in [6.45, 7) is 51.6. The van der Waals surface area contributed by atoms with Crippen molar-refractivity contribution in [2.75, 3.05) is 27.9 Å². The molecule has 111 heavy (non-hydrogen) atoms. The average molecular weight is 1600 g/mol. The van der Waals surface area contributed by atoms with Gasteiger partial charge >= 0.3 is 19.8 Å². The van der Waals surface area contributed by atoms with Gasteiger partial charge in [-0.1, -0.05) is 51.6 Å². The number of carbonyl (C=O) groups is 2. The van der Waals surface area contributed by atoms with Gasteiger partial charge in [0, 0.05) is 39.7 Å². The molecule has 0 aliphatic carbocycles. The van der Waals surface area contributed by atoms with Gasteiger partial charge in [-0.2, -0.15) is 0 Å². The molecule has 0 saturated carbocycles. The minimum absolute atomic E-state index is 0. The first kappa shape index (κ1) is 99.2. The molecule has 7 rings (SSSR count). The molecule has 3 heterocycles. The molecule has 0 spiro atoms. The molecule has 0 amide bonds. The van der Waals surface area contributed by atoms with Crippen LogP contribution in [0.2, 0.25) is 0 Å². The van der Waals surface area contributed by atoms with Crippen LogP contribution < -0.4 is 35.5 Å². The lowest BCUT2D eigenvalue weighted by atomic mass is 9.92. The highest BCUT2D eigenvalue weighted by molar-refractivity contribution is 7.47. The van der Waals surface area contributed by atoms with Crippen molar-refractivity contribution in [3.05, 3.63) is 101 Å². The summed E-state index contributed by atoms with van der Waals surface area (Å²) in [6.07, 6.45) is -18.1. The highest BCUT2D eigenvalue weighted by atomic mass is 31.2. The molecule has 3 saturated heterocycles. The maximum atomic E-state index is 12.2. The predicted molar refractivity (Wildman–Crippen MR) is 426 cm³/mol. The topological polar surface area (TPSA) is 423 Å². The summed E-state index contributed by atoms with van der Waals surface area (Å²) in [5.74, 6) is -2.84. The van der Waals surface area contributed by atoms with Gasteiger partial charge < -0.3 is 120 Å². The van der Waals surface area contributed by atoms with Crippen LogP contribution in [0.1, 0.15) is 210 Å².